The number of carbonyl (C=O) groups is 1. The SMILES string of the molecule is CNC1CCCN(C(=O)c2ccc(S(=O)(=O)Nc3ccccc3F)cc2)C1.Cl. The van der Waals surface area contributed by atoms with Crippen LogP contribution in [-0.2, 0) is 10.0 Å². The van der Waals surface area contributed by atoms with E-state index in [-0.39, 0.29) is 34.9 Å². The topological polar surface area (TPSA) is 78.5 Å². The van der Waals surface area contributed by atoms with Crippen molar-refractivity contribution in [2.75, 3.05) is 24.9 Å². The van der Waals surface area contributed by atoms with Crippen molar-refractivity contribution >= 4 is 34.0 Å². The average Bonchev–Trinajstić information content (AvgIpc) is 2.69. The zero-order valence-corrected chi connectivity index (χ0v) is 17.0. The van der Waals surface area contributed by atoms with Crippen LogP contribution in [0.25, 0.3) is 0 Å². The maximum Gasteiger partial charge on any atom is 0.261 e. The van der Waals surface area contributed by atoms with Gasteiger partial charge in [-0.15, -0.1) is 12.4 Å². The Morgan fingerprint density at radius 2 is 1.82 bits per heavy atom. The number of carbonyl (C=O) groups excluding carboxylic acids is 1. The molecule has 1 amide bonds. The van der Waals surface area contributed by atoms with Crippen LogP contribution >= 0.6 is 12.4 Å². The number of anilines is 1. The third-order valence-corrected chi connectivity index (χ3v) is 6.03. The van der Waals surface area contributed by atoms with Gasteiger partial charge in [-0.1, -0.05) is 12.1 Å². The zero-order chi connectivity index (χ0) is 19.4. The summed E-state index contributed by atoms with van der Waals surface area (Å²) in [5.41, 5.74) is 0.306. The van der Waals surface area contributed by atoms with Gasteiger partial charge in [0.2, 0.25) is 0 Å². The molecule has 2 N–H and O–H groups in total. The number of nitrogens with one attached hydrogen (secondary N) is 2. The summed E-state index contributed by atoms with van der Waals surface area (Å²) < 4.78 is 40.8. The molecule has 1 unspecified atom stereocenters. The number of para-hydroxylation sites is 1. The first kappa shape index (κ1) is 22.1. The van der Waals surface area contributed by atoms with Gasteiger partial charge in [-0.3, -0.25) is 9.52 Å². The number of sulfonamides is 1. The molecule has 1 heterocycles. The highest BCUT2D eigenvalue weighted by Gasteiger charge is 2.24. The lowest BCUT2D eigenvalue weighted by atomic mass is 10.0. The van der Waals surface area contributed by atoms with Crippen LogP contribution in [0.1, 0.15) is 23.2 Å². The van der Waals surface area contributed by atoms with Crippen LogP contribution < -0.4 is 10.0 Å². The molecule has 0 bridgehead atoms. The lowest BCUT2D eigenvalue weighted by molar-refractivity contribution is 0.0698. The van der Waals surface area contributed by atoms with Gasteiger partial charge in [0, 0.05) is 24.7 Å². The van der Waals surface area contributed by atoms with Crippen molar-refractivity contribution in [2.45, 2.75) is 23.8 Å². The molecular weight excluding hydrogens is 405 g/mol. The van der Waals surface area contributed by atoms with Gasteiger partial charge in [0.25, 0.3) is 15.9 Å². The van der Waals surface area contributed by atoms with E-state index in [1.807, 2.05) is 7.05 Å². The maximum atomic E-state index is 13.7. The summed E-state index contributed by atoms with van der Waals surface area (Å²) in [6.45, 7) is 1.32. The van der Waals surface area contributed by atoms with E-state index >= 15 is 0 Å². The number of amides is 1. The van der Waals surface area contributed by atoms with E-state index in [1.165, 1.54) is 42.5 Å². The molecule has 28 heavy (non-hydrogen) atoms. The third kappa shape index (κ3) is 5.01. The first-order valence-electron chi connectivity index (χ1n) is 8.74. The highest BCUT2D eigenvalue weighted by molar-refractivity contribution is 7.92. The number of halogens is 2. The fourth-order valence-corrected chi connectivity index (χ4v) is 4.17. The minimum absolute atomic E-state index is 0. The van der Waals surface area contributed by atoms with Gasteiger partial charge in [0.15, 0.2) is 0 Å². The summed E-state index contributed by atoms with van der Waals surface area (Å²) in [4.78, 5) is 14.4. The van der Waals surface area contributed by atoms with Crippen molar-refractivity contribution in [1.29, 1.82) is 0 Å². The number of rotatable bonds is 5. The highest BCUT2D eigenvalue weighted by Crippen LogP contribution is 2.20. The van der Waals surface area contributed by atoms with Gasteiger partial charge in [0.05, 0.1) is 10.6 Å². The zero-order valence-electron chi connectivity index (χ0n) is 15.4. The number of likely N-dealkylation sites (N-methyl/N-ethyl adjacent to an activating group) is 1. The minimum Gasteiger partial charge on any atom is -0.337 e. The number of benzene rings is 2. The quantitative estimate of drug-likeness (QED) is 0.769. The predicted octanol–water partition coefficient (Wildman–Crippen LogP) is 2.87. The van der Waals surface area contributed by atoms with Crippen molar-refractivity contribution in [3.05, 3.63) is 59.9 Å². The summed E-state index contributed by atoms with van der Waals surface area (Å²) in [5.74, 6) is -0.780. The van der Waals surface area contributed by atoms with Crippen LogP contribution in [0.15, 0.2) is 53.4 Å². The molecule has 0 aromatic heterocycles. The van der Waals surface area contributed by atoms with E-state index in [0.29, 0.717) is 18.7 Å². The molecule has 1 saturated heterocycles. The summed E-state index contributed by atoms with van der Waals surface area (Å²) in [5, 5.41) is 3.18. The number of hydrogen-bond acceptors (Lipinski definition) is 4. The number of nitrogens with zero attached hydrogens (tertiary/aromatic N) is 1. The van der Waals surface area contributed by atoms with E-state index in [0.717, 1.165) is 12.8 Å². The molecule has 6 nitrogen and oxygen atoms in total. The largest absolute Gasteiger partial charge is 0.337 e. The van der Waals surface area contributed by atoms with Gasteiger partial charge in [-0.2, -0.15) is 0 Å². The number of piperidine rings is 1. The molecule has 152 valence electrons. The van der Waals surface area contributed by atoms with Crippen LogP contribution in [0.2, 0.25) is 0 Å². The normalized spacial score (nSPS) is 16.9. The van der Waals surface area contributed by atoms with Crippen LogP contribution in [0.3, 0.4) is 0 Å². The molecular formula is C19H23ClFN3O3S. The second-order valence-corrected chi connectivity index (χ2v) is 8.17. The van der Waals surface area contributed by atoms with Crippen molar-refractivity contribution in [3.8, 4) is 0 Å². The average molecular weight is 428 g/mol. The van der Waals surface area contributed by atoms with Gasteiger partial charge in [-0.05, 0) is 56.3 Å². The second kappa shape index (κ2) is 9.36. The monoisotopic (exact) mass is 427 g/mol. The Hall–Kier alpha value is -2.16. The molecule has 0 spiro atoms. The molecule has 2 aromatic rings. The minimum atomic E-state index is -3.94. The van der Waals surface area contributed by atoms with Crippen molar-refractivity contribution in [3.63, 3.8) is 0 Å². The Morgan fingerprint density at radius 1 is 1.14 bits per heavy atom. The van der Waals surface area contributed by atoms with E-state index in [2.05, 4.69) is 10.0 Å². The Bertz CT molecular complexity index is 922. The van der Waals surface area contributed by atoms with Crippen molar-refractivity contribution < 1.29 is 17.6 Å². The summed E-state index contributed by atoms with van der Waals surface area (Å²) in [6.07, 6.45) is 1.95. The molecule has 3 rings (SSSR count). The lowest BCUT2D eigenvalue weighted by Gasteiger charge is -2.32. The smallest absolute Gasteiger partial charge is 0.261 e. The molecule has 1 fully saturated rings. The first-order valence-corrected chi connectivity index (χ1v) is 10.2. The summed E-state index contributed by atoms with van der Waals surface area (Å²) in [6, 6.07) is 11.5. The summed E-state index contributed by atoms with van der Waals surface area (Å²) in [7, 11) is -2.06. The van der Waals surface area contributed by atoms with Crippen LogP contribution in [0, 0.1) is 5.82 Å². The standard InChI is InChI=1S/C19H22FN3O3S.ClH/c1-21-15-5-4-12-23(13-15)19(24)14-8-10-16(11-9-14)27(25,26)22-18-7-3-2-6-17(18)20;/h2-3,6-11,15,21-22H,4-5,12-13H2,1H3;1H. The molecule has 2 aromatic carbocycles. The molecule has 1 atom stereocenters. The number of hydrogen-bond donors (Lipinski definition) is 2. The molecule has 0 radical (unpaired) electrons. The van der Waals surface area contributed by atoms with Crippen LogP contribution in [0.4, 0.5) is 10.1 Å². The Kier molecular flexibility index (Phi) is 7.40. The fraction of sp³-hybridized carbons (Fsp3) is 0.316. The first-order chi connectivity index (χ1) is 12.9. The van der Waals surface area contributed by atoms with Gasteiger partial charge >= 0.3 is 0 Å². The fourth-order valence-electron chi connectivity index (χ4n) is 3.10. The Balaban J connectivity index is 0.00000280. The van der Waals surface area contributed by atoms with E-state index in [9.17, 15) is 17.6 Å². The third-order valence-electron chi connectivity index (χ3n) is 4.65. The van der Waals surface area contributed by atoms with Gasteiger partial charge in [-0.25, -0.2) is 12.8 Å². The van der Waals surface area contributed by atoms with Crippen LogP contribution in [-0.4, -0.2) is 45.4 Å². The molecule has 0 aliphatic carbocycles. The van der Waals surface area contributed by atoms with Gasteiger partial charge in [0.1, 0.15) is 5.82 Å². The molecule has 1 aliphatic heterocycles. The van der Waals surface area contributed by atoms with Crippen LogP contribution in [0.5, 0.6) is 0 Å². The van der Waals surface area contributed by atoms with Crippen molar-refractivity contribution in [1.82, 2.24) is 10.2 Å². The van der Waals surface area contributed by atoms with E-state index in [1.54, 1.807) is 11.0 Å². The molecule has 1 aliphatic rings. The predicted molar refractivity (Wildman–Crippen MR) is 109 cm³/mol. The maximum absolute atomic E-state index is 13.7. The second-order valence-electron chi connectivity index (χ2n) is 6.49. The molecule has 9 heteroatoms. The molecule has 0 saturated carbocycles. The Labute approximate surface area is 170 Å². The van der Waals surface area contributed by atoms with Crippen molar-refractivity contribution in [2.24, 2.45) is 0 Å². The highest BCUT2D eigenvalue weighted by atomic mass is 35.5. The van der Waals surface area contributed by atoms with E-state index in [4.69, 9.17) is 0 Å². The Morgan fingerprint density at radius 3 is 2.46 bits per heavy atom. The summed E-state index contributed by atoms with van der Waals surface area (Å²) >= 11 is 0. The van der Waals surface area contributed by atoms with Gasteiger partial charge < -0.3 is 10.2 Å². The van der Waals surface area contributed by atoms with E-state index < -0.39 is 15.8 Å². The number of likely N-dealkylation sites (tertiary alicyclic amines) is 1. The lowest BCUT2D eigenvalue weighted by Crippen LogP contribution is -2.46.